The third kappa shape index (κ3) is 0.907. The molecule has 49 valence electrons. The van der Waals surface area contributed by atoms with E-state index in [0.717, 1.165) is 11.3 Å². The lowest BCUT2D eigenvalue weighted by Gasteiger charge is -2.16. The molecule has 1 radical (unpaired) electrons. The molecule has 1 heterocycles. The fourth-order valence-electron chi connectivity index (χ4n) is 1.78. The van der Waals surface area contributed by atoms with Crippen LogP contribution in [0, 0.1) is 0 Å². The molecule has 0 N–H and O–H groups in total. The van der Waals surface area contributed by atoms with Gasteiger partial charge in [-0.3, -0.25) is 0 Å². The van der Waals surface area contributed by atoms with Crippen molar-refractivity contribution in [2.75, 3.05) is 7.05 Å². The minimum Gasteiger partial charge on any atom is -0.336 e. The molecule has 2 atom stereocenters. The van der Waals surface area contributed by atoms with Gasteiger partial charge in [0.05, 0.1) is 0 Å². The molecule has 9 heavy (non-hydrogen) atoms. The molecule has 1 saturated carbocycles. The Bertz CT molecular complexity index is 120. The second-order valence-electron chi connectivity index (χ2n) is 2.94. The van der Waals surface area contributed by atoms with Crippen LogP contribution in [0.25, 0.3) is 0 Å². The molecule has 2 fully saturated rings. The zero-order chi connectivity index (χ0) is 6.27. The minimum absolute atomic E-state index is 0.884. The van der Waals surface area contributed by atoms with Crippen LogP contribution in [0.4, 0.5) is 0 Å². The second-order valence-corrected chi connectivity index (χ2v) is 4.03. The van der Waals surface area contributed by atoms with Gasteiger partial charge in [-0.25, -0.2) is 0 Å². The summed E-state index contributed by atoms with van der Waals surface area (Å²) in [5.41, 5.74) is 0. The van der Waals surface area contributed by atoms with Gasteiger partial charge in [0.1, 0.15) is 0 Å². The summed E-state index contributed by atoms with van der Waals surface area (Å²) in [6.07, 6.45) is 4.31. The van der Waals surface area contributed by atoms with Crippen molar-refractivity contribution in [3.8, 4) is 0 Å². The third-order valence-electron chi connectivity index (χ3n) is 2.34. The highest BCUT2D eigenvalue weighted by atomic mass is 32.2. The van der Waals surface area contributed by atoms with Gasteiger partial charge in [0, 0.05) is 11.3 Å². The van der Waals surface area contributed by atoms with Crippen molar-refractivity contribution in [2.45, 2.75) is 30.6 Å². The largest absolute Gasteiger partial charge is 0.336 e. The average molecular weight is 140 g/mol. The van der Waals surface area contributed by atoms with Gasteiger partial charge in [0.25, 0.3) is 6.69 Å². The van der Waals surface area contributed by atoms with Crippen LogP contribution in [0.2, 0.25) is 0 Å². The molecule has 0 aromatic heterocycles. The number of fused-ring (bicyclic) bond motifs is 1. The van der Waals surface area contributed by atoms with Crippen LogP contribution in [0.5, 0.6) is 0 Å². The Morgan fingerprint density at radius 3 is 3.22 bits per heavy atom. The van der Waals surface area contributed by atoms with E-state index < -0.39 is 0 Å². The van der Waals surface area contributed by atoms with Crippen LogP contribution >= 0.6 is 11.6 Å². The van der Waals surface area contributed by atoms with E-state index in [-0.39, 0.29) is 0 Å². The van der Waals surface area contributed by atoms with Gasteiger partial charge in [0.2, 0.25) is 0 Å². The molecule has 1 nitrogen and oxygen atoms in total. The van der Waals surface area contributed by atoms with Gasteiger partial charge in [-0.15, -0.1) is 0 Å². The first kappa shape index (κ1) is 6.11. The molecule has 2 unspecified atom stereocenters. The van der Waals surface area contributed by atoms with Crippen LogP contribution in [0.3, 0.4) is 0 Å². The average Bonchev–Trinajstić information content (AvgIpc) is 2.35. The van der Waals surface area contributed by atoms with Crippen LogP contribution in [-0.2, 0) is 0 Å². The molecule has 2 aliphatic rings. The molecule has 0 spiro atoms. The van der Waals surface area contributed by atoms with E-state index in [9.17, 15) is 0 Å². The van der Waals surface area contributed by atoms with E-state index in [1.165, 1.54) is 19.3 Å². The van der Waals surface area contributed by atoms with Gasteiger partial charge in [0.15, 0.2) is 0 Å². The second kappa shape index (κ2) is 2.20. The summed E-state index contributed by atoms with van der Waals surface area (Å²) < 4.78 is 0. The molecular formula is C6H11BNS. The lowest BCUT2D eigenvalue weighted by atomic mass is 10.1. The molecule has 2 rings (SSSR count). The lowest BCUT2D eigenvalue weighted by Crippen LogP contribution is -2.28. The van der Waals surface area contributed by atoms with Crippen molar-refractivity contribution in [2.24, 2.45) is 0 Å². The first-order chi connectivity index (χ1) is 4.38. The molecular weight excluding hydrogens is 129 g/mol. The Labute approximate surface area is 61.3 Å². The van der Waals surface area contributed by atoms with E-state index in [1.807, 2.05) is 11.6 Å². The predicted octanol–water partition coefficient (Wildman–Crippen LogP) is 1.12. The third-order valence-corrected chi connectivity index (χ3v) is 3.70. The standard InChI is InChI=1S/C6H11BNS/c1-8-5-3-2-4-6(5)9-7-8/h5-6H,2-4H2,1H3. The number of nitrogens with zero attached hydrogens (tertiary/aromatic N) is 1. The monoisotopic (exact) mass is 140 g/mol. The van der Waals surface area contributed by atoms with Gasteiger partial charge in [-0.2, -0.15) is 11.6 Å². The van der Waals surface area contributed by atoms with Crippen molar-refractivity contribution < 1.29 is 0 Å². The molecule has 0 aromatic carbocycles. The maximum atomic E-state index is 2.38. The van der Waals surface area contributed by atoms with E-state index in [4.69, 9.17) is 0 Å². The molecule has 0 amide bonds. The normalized spacial score (nSPS) is 42.8. The van der Waals surface area contributed by atoms with Gasteiger partial charge in [-0.05, 0) is 19.9 Å². The molecule has 0 bridgehead atoms. The maximum Gasteiger partial charge on any atom is 0.288 e. The molecule has 1 aliphatic heterocycles. The van der Waals surface area contributed by atoms with E-state index in [0.29, 0.717) is 0 Å². The first-order valence-corrected chi connectivity index (χ1v) is 4.53. The Morgan fingerprint density at radius 1 is 1.56 bits per heavy atom. The highest BCUT2D eigenvalue weighted by Gasteiger charge is 2.36. The van der Waals surface area contributed by atoms with E-state index in [1.54, 1.807) is 0 Å². The summed E-state index contributed by atoms with van der Waals surface area (Å²) in [4.78, 5) is 2.38. The fraction of sp³-hybridized carbons (Fsp3) is 1.00. The van der Waals surface area contributed by atoms with Crippen LogP contribution < -0.4 is 0 Å². The Morgan fingerprint density at radius 2 is 2.44 bits per heavy atom. The minimum atomic E-state index is 0.884. The summed E-state index contributed by atoms with van der Waals surface area (Å²) in [5.74, 6) is 0. The van der Waals surface area contributed by atoms with Gasteiger partial charge < -0.3 is 4.81 Å². The van der Waals surface area contributed by atoms with E-state index >= 15 is 0 Å². The topological polar surface area (TPSA) is 3.24 Å². The smallest absolute Gasteiger partial charge is 0.288 e. The van der Waals surface area contributed by atoms with Crippen LogP contribution in [0.15, 0.2) is 0 Å². The van der Waals surface area contributed by atoms with Crippen LogP contribution in [-0.4, -0.2) is 29.8 Å². The first-order valence-electron chi connectivity index (χ1n) is 3.58. The summed E-state index contributed by atoms with van der Waals surface area (Å²) in [7, 11) is 2.20. The SMILES string of the molecule is CN1[B]SC2CCCC21. The predicted molar refractivity (Wildman–Crippen MR) is 42.5 cm³/mol. The zero-order valence-electron chi connectivity index (χ0n) is 5.71. The molecule has 0 aromatic rings. The maximum absolute atomic E-state index is 2.38. The van der Waals surface area contributed by atoms with Crippen molar-refractivity contribution in [1.82, 2.24) is 4.81 Å². The number of hydrogen-bond donors (Lipinski definition) is 0. The summed E-state index contributed by atoms with van der Waals surface area (Å²) in [6, 6.07) is 0.884. The highest BCUT2D eigenvalue weighted by Crippen LogP contribution is 2.37. The van der Waals surface area contributed by atoms with Crippen molar-refractivity contribution in [1.29, 1.82) is 0 Å². The number of rotatable bonds is 0. The van der Waals surface area contributed by atoms with Gasteiger partial charge >= 0.3 is 0 Å². The highest BCUT2D eigenvalue weighted by molar-refractivity contribution is 8.23. The van der Waals surface area contributed by atoms with Crippen molar-refractivity contribution >= 4 is 18.3 Å². The Balaban J connectivity index is 2.07. The quantitative estimate of drug-likeness (QED) is 0.464. The lowest BCUT2D eigenvalue weighted by molar-refractivity contribution is 0.416. The van der Waals surface area contributed by atoms with Crippen molar-refractivity contribution in [3.63, 3.8) is 0 Å². The summed E-state index contributed by atoms with van der Waals surface area (Å²) in [5, 5.41) is 0.940. The van der Waals surface area contributed by atoms with E-state index in [2.05, 4.69) is 18.6 Å². The van der Waals surface area contributed by atoms with Crippen molar-refractivity contribution in [3.05, 3.63) is 0 Å². The van der Waals surface area contributed by atoms with Crippen LogP contribution in [0.1, 0.15) is 19.3 Å². The molecule has 3 heteroatoms. The number of hydrogen-bond acceptors (Lipinski definition) is 2. The van der Waals surface area contributed by atoms with Gasteiger partial charge in [-0.1, -0.05) is 6.42 Å². The molecule has 1 saturated heterocycles. The summed E-state index contributed by atoms with van der Waals surface area (Å²) >= 11 is 2.02. The summed E-state index contributed by atoms with van der Waals surface area (Å²) in [6.45, 7) is 2.27. The Hall–Kier alpha value is 0.375. The Kier molecular flexibility index (Phi) is 1.50. The fourth-order valence-corrected chi connectivity index (χ4v) is 3.10. The molecule has 1 aliphatic carbocycles. The zero-order valence-corrected chi connectivity index (χ0v) is 6.53.